The number of amidine groups is 1. The second-order valence-corrected chi connectivity index (χ2v) is 8.14. The quantitative estimate of drug-likeness (QED) is 0.869. The predicted molar refractivity (Wildman–Crippen MR) is 91.5 cm³/mol. The molecule has 0 aromatic carbocycles. The molecule has 1 aromatic rings. The highest BCUT2D eigenvalue weighted by Crippen LogP contribution is 2.39. The Morgan fingerprint density at radius 2 is 2.35 bits per heavy atom. The minimum atomic E-state index is -0.560. The first kappa shape index (κ1) is 16.0. The topological polar surface area (TPSA) is 108 Å². The number of nitriles is 1. The van der Waals surface area contributed by atoms with E-state index in [1.807, 2.05) is 0 Å². The van der Waals surface area contributed by atoms with Crippen molar-refractivity contribution >= 4 is 45.1 Å². The van der Waals surface area contributed by atoms with Crippen LogP contribution in [0.15, 0.2) is 4.99 Å². The van der Waals surface area contributed by atoms with Crippen molar-refractivity contribution in [2.45, 2.75) is 37.9 Å². The van der Waals surface area contributed by atoms with Gasteiger partial charge in [0.1, 0.15) is 16.3 Å². The molecule has 8 heteroatoms. The average molecular weight is 348 g/mol. The van der Waals surface area contributed by atoms with Crippen molar-refractivity contribution in [3.8, 4) is 6.07 Å². The molecule has 0 unspecified atom stereocenters. The van der Waals surface area contributed by atoms with E-state index in [9.17, 15) is 14.9 Å². The normalized spacial score (nSPS) is 23.1. The van der Waals surface area contributed by atoms with Gasteiger partial charge in [0, 0.05) is 11.3 Å². The van der Waals surface area contributed by atoms with Crippen LogP contribution in [0.1, 0.15) is 35.8 Å². The summed E-state index contributed by atoms with van der Waals surface area (Å²) in [7, 11) is 0. The number of amides is 2. The van der Waals surface area contributed by atoms with Crippen LogP contribution in [0.3, 0.4) is 0 Å². The largest absolute Gasteiger partial charge is 0.378 e. The first-order valence-electron chi connectivity index (χ1n) is 7.37. The van der Waals surface area contributed by atoms with E-state index >= 15 is 0 Å². The van der Waals surface area contributed by atoms with Gasteiger partial charge in [-0.1, -0.05) is 18.7 Å². The number of anilines is 1. The average Bonchev–Trinajstić information content (AvgIpc) is 2.97. The first-order chi connectivity index (χ1) is 11.0. The van der Waals surface area contributed by atoms with Crippen molar-refractivity contribution in [2.75, 3.05) is 5.32 Å². The Hall–Kier alpha value is -1.85. The van der Waals surface area contributed by atoms with Crippen LogP contribution in [0.4, 0.5) is 5.00 Å². The Kier molecular flexibility index (Phi) is 4.41. The lowest BCUT2D eigenvalue weighted by atomic mass is 9.88. The van der Waals surface area contributed by atoms with Gasteiger partial charge in [0.15, 0.2) is 5.17 Å². The van der Waals surface area contributed by atoms with Gasteiger partial charge in [-0.15, -0.1) is 11.3 Å². The minimum absolute atomic E-state index is 0.0114. The Morgan fingerprint density at radius 3 is 3.00 bits per heavy atom. The van der Waals surface area contributed by atoms with Crippen molar-refractivity contribution in [2.24, 2.45) is 16.6 Å². The molecule has 120 valence electrons. The van der Waals surface area contributed by atoms with Crippen LogP contribution < -0.4 is 11.1 Å². The second kappa shape index (κ2) is 6.34. The zero-order valence-electron chi connectivity index (χ0n) is 12.6. The number of hydrogen-bond donors (Lipinski definition) is 2. The summed E-state index contributed by atoms with van der Waals surface area (Å²) in [6, 6.07) is 2.21. The fourth-order valence-corrected chi connectivity index (χ4v) is 5.04. The number of fused-ring (bicyclic) bond motifs is 1. The van der Waals surface area contributed by atoms with E-state index in [1.165, 1.54) is 16.2 Å². The monoisotopic (exact) mass is 348 g/mol. The van der Waals surface area contributed by atoms with Crippen LogP contribution in [0.25, 0.3) is 0 Å². The molecule has 1 aliphatic heterocycles. The maximum Gasteiger partial charge on any atom is 0.262 e. The number of rotatable bonds is 3. The van der Waals surface area contributed by atoms with Crippen molar-refractivity contribution in [3.63, 3.8) is 0 Å². The van der Waals surface area contributed by atoms with Gasteiger partial charge in [-0.3, -0.25) is 9.59 Å². The first-order valence-corrected chi connectivity index (χ1v) is 9.06. The number of thioether (sulfide) groups is 1. The van der Waals surface area contributed by atoms with E-state index in [0.717, 1.165) is 36.6 Å². The fraction of sp³-hybridized carbons (Fsp3) is 0.467. The third-order valence-electron chi connectivity index (χ3n) is 4.01. The SMILES string of the molecule is C[C@@H]1CCc2c(sc(NC(=O)C[C@@H]3SC(N)=NC3=O)c2C#N)C1. The lowest BCUT2D eigenvalue weighted by Crippen LogP contribution is -2.21. The third kappa shape index (κ3) is 3.26. The summed E-state index contributed by atoms with van der Waals surface area (Å²) in [6.07, 6.45) is 2.91. The number of thiophene rings is 1. The molecular formula is C15H16N4O2S2. The summed E-state index contributed by atoms with van der Waals surface area (Å²) in [5.41, 5.74) is 7.14. The van der Waals surface area contributed by atoms with Gasteiger partial charge in [-0.2, -0.15) is 10.3 Å². The summed E-state index contributed by atoms with van der Waals surface area (Å²) in [6.45, 7) is 2.19. The number of aliphatic imine (C=N–C) groups is 1. The summed E-state index contributed by atoms with van der Waals surface area (Å²) in [4.78, 5) is 28.6. The molecule has 0 spiro atoms. The molecule has 0 saturated carbocycles. The van der Waals surface area contributed by atoms with Crippen molar-refractivity contribution in [3.05, 3.63) is 16.0 Å². The summed E-state index contributed by atoms with van der Waals surface area (Å²) in [5, 5.41) is 12.4. The fourth-order valence-electron chi connectivity index (χ4n) is 2.84. The van der Waals surface area contributed by atoms with Gasteiger partial charge in [-0.25, -0.2) is 0 Å². The zero-order chi connectivity index (χ0) is 16.6. The number of nitrogens with two attached hydrogens (primary N) is 1. The molecule has 0 fully saturated rings. The minimum Gasteiger partial charge on any atom is -0.378 e. The van der Waals surface area contributed by atoms with Crippen molar-refractivity contribution < 1.29 is 9.59 Å². The highest BCUT2D eigenvalue weighted by atomic mass is 32.2. The summed E-state index contributed by atoms with van der Waals surface area (Å²) in [5.74, 6) is -0.0600. The van der Waals surface area contributed by atoms with E-state index < -0.39 is 5.25 Å². The highest BCUT2D eigenvalue weighted by molar-refractivity contribution is 8.15. The van der Waals surface area contributed by atoms with Crippen LogP contribution in [-0.4, -0.2) is 22.2 Å². The van der Waals surface area contributed by atoms with Crippen LogP contribution in [0.5, 0.6) is 0 Å². The molecule has 23 heavy (non-hydrogen) atoms. The molecule has 3 N–H and O–H groups in total. The molecular weight excluding hydrogens is 332 g/mol. The molecule has 2 heterocycles. The molecule has 3 rings (SSSR count). The van der Waals surface area contributed by atoms with E-state index in [4.69, 9.17) is 5.73 Å². The lowest BCUT2D eigenvalue weighted by Gasteiger charge is -2.17. The van der Waals surface area contributed by atoms with Crippen LogP contribution in [-0.2, 0) is 22.4 Å². The van der Waals surface area contributed by atoms with Crippen LogP contribution in [0, 0.1) is 17.2 Å². The molecule has 6 nitrogen and oxygen atoms in total. The van der Waals surface area contributed by atoms with Crippen LogP contribution in [0.2, 0.25) is 0 Å². The molecule has 0 radical (unpaired) electrons. The van der Waals surface area contributed by atoms with E-state index in [-0.39, 0.29) is 23.4 Å². The number of nitrogens with one attached hydrogen (secondary N) is 1. The molecule has 2 aliphatic rings. The molecule has 2 amide bonds. The predicted octanol–water partition coefficient (Wildman–Crippen LogP) is 2.03. The Morgan fingerprint density at radius 1 is 1.57 bits per heavy atom. The number of carbonyl (C=O) groups is 2. The lowest BCUT2D eigenvalue weighted by molar-refractivity contribution is -0.121. The van der Waals surface area contributed by atoms with Crippen LogP contribution >= 0.6 is 23.1 Å². The van der Waals surface area contributed by atoms with Gasteiger partial charge in [0.05, 0.1) is 5.56 Å². The van der Waals surface area contributed by atoms with Gasteiger partial charge >= 0.3 is 0 Å². The molecule has 0 bridgehead atoms. The second-order valence-electron chi connectivity index (χ2n) is 5.81. The molecule has 1 aliphatic carbocycles. The standard InChI is InChI=1S/C15H16N4O2S2/c1-7-2-3-8-9(6-16)14(22-10(8)4-7)18-12(20)5-11-13(21)19-15(17)23-11/h7,11H,2-5H2,1H3,(H,18,20)(H2,17,19,21)/t7-,11+/m1/s1. The van der Waals surface area contributed by atoms with Gasteiger partial charge in [0.25, 0.3) is 5.91 Å². The Labute approximate surface area is 142 Å². The number of carbonyl (C=O) groups excluding carboxylic acids is 2. The number of hydrogen-bond acceptors (Lipinski definition) is 6. The Balaban J connectivity index is 1.72. The van der Waals surface area contributed by atoms with Crippen molar-refractivity contribution in [1.29, 1.82) is 5.26 Å². The van der Waals surface area contributed by atoms with Gasteiger partial charge in [-0.05, 0) is 30.7 Å². The van der Waals surface area contributed by atoms with E-state index in [1.54, 1.807) is 0 Å². The van der Waals surface area contributed by atoms with Gasteiger partial charge < -0.3 is 11.1 Å². The third-order valence-corrected chi connectivity index (χ3v) is 6.16. The van der Waals surface area contributed by atoms with Crippen molar-refractivity contribution in [1.82, 2.24) is 0 Å². The van der Waals surface area contributed by atoms with E-state index in [2.05, 4.69) is 23.3 Å². The summed E-state index contributed by atoms with van der Waals surface area (Å²) >= 11 is 2.58. The summed E-state index contributed by atoms with van der Waals surface area (Å²) < 4.78 is 0. The Bertz CT molecular complexity index is 747. The maximum atomic E-state index is 12.2. The smallest absolute Gasteiger partial charge is 0.262 e. The zero-order valence-corrected chi connectivity index (χ0v) is 14.2. The number of nitrogens with zero attached hydrogens (tertiary/aromatic N) is 2. The maximum absolute atomic E-state index is 12.2. The highest BCUT2D eigenvalue weighted by Gasteiger charge is 2.30. The molecule has 0 saturated heterocycles. The van der Waals surface area contributed by atoms with Gasteiger partial charge in [0.2, 0.25) is 5.91 Å². The molecule has 1 aromatic heterocycles. The molecule has 2 atom stereocenters. The van der Waals surface area contributed by atoms with E-state index in [0.29, 0.717) is 16.5 Å².